The van der Waals surface area contributed by atoms with Crippen LogP contribution in [0.15, 0.2) is 6.20 Å². The number of carbonyl (C=O) groups is 1. The first-order valence-corrected chi connectivity index (χ1v) is 6.19. The minimum absolute atomic E-state index is 0.0405. The summed E-state index contributed by atoms with van der Waals surface area (Å²) in [5.41, 5.74) is -0.0405. The zero-order valence-corrected chi connectivity index (χ0v) is 10.1. The van der Waals surface area contributed by atoms with Crippen molar-refractivity contribution in [3.8, 4) is 0 Å². The van der Waals surface area contributed by atoms with E-state index in [2.05, 4.69) is 15.6 Å². The molecule has 2 rings (SSSR count). The van der Waals surface area contributed by atoms with Gasteiger partial charge in [-0.3, -0.25) is 4.68 Å². The number of carboxylic acid groups (broad SMARTS) is 1. The summed E-state index contributed by atoms with van der Waals surface area (Å²) in [6, 6.07) is 0. The predicted molar refractivity (Wildman–Crippen MR) is 63.2 cm³/mol. The molecule has 0 spiro atoms. The number of carboxylic acids is 1. The van der Waals surface area contributed by atoms with E-state index in [4.69, 9.17) is 5.11 Å². The molecule has 0 saturated heterocycles. The summed E-state index contributed by atoms with van der Waals surface area (Å²) in [5, 5.41) is 28.8. The Kier molecular flexibility index (Phi) is 4.27. The van der Waals surface area contributed by atoms with Crippen LogP contribution in [0.2, 0.25) is 0 Å². The molecule has 0 amide bonds. The molecule has 7 nitrogen and oxygen atoms in total. The lowest BCUT2D eigenvalue weighted by Crippen LogP contribution is -2.30. The van der Waals surface area contributed by atoms with Gasteiger partial charge in [-0.25, -0.2) is 4.79 Å². The second kappa shape index (κ2) is 5.92. The third-order valence-electron chi connectivity index (χ3n) is 3.30. The second-order valence-corrected chi connectivity index (χ2v) is 4.63. The molecule has 1 saturated carbocycles. The average molecular weight is 254 g/mol. The van der Waals surface area contributed by atoms with E-state index in [-0.39, 0.29) is 11.8 Å². The Balaban J connectivity index is 1.67. The quantitative estimate of drug-likeness (QED) is 0.604. The van der Waals surface area contributed by atoms with E-state index in [9.17, 15) is 9.90 Å². The highest BCUT2D eigenvalue weighted by atomic mass is 16.4. The van der Waals surface area contributed by atoms with E-state index in [1.807, 2.05) is 0 Å². The van der Waals surface area contributed by atoms with Crippen LogP contribution in [-0.2, 0) is 6.54 Å². The molecular formula is C11H18N4O3. The molecule has 1 heterocycles. The lowest BCUT2D eigenvalue weighted by atomic mass is 10.1. The fraction of sp³-hybridized carbons (Fsp3) is 0.727. The fourth-order valence-electron chi connectivity index (χ4n) is 2.24. The summed E-state index contributed by atoms with van der Waals surface area (Å²) < 4.78 is 1.50. The van der Waals surface area contributed by atoms with Gasteiger partial charge in [0, 0.05) is 13.1 Å². The van der Waals surface area contributed by atoms with Crippen LogP contribution < -0.4 is 5.32 Å². The lowest BCUT2D eigenvalue weighted by Gasteiger charge is -2.14. The summed E-state index contributed by atoms with van der Waals surface area (Å²) in [6.07, 6.45) is 4.30. The Morgan fingerprint density at radius 2 is 2.39 bits per heavy atom. The number of hydrogen-bond donors (Lipinski definition) is 3. The highest BCUT2D eigenvalue weighted by Gasteiger charge is 2.24. The molecule has 0 radical (unpaired) electrons. The van der Waals surface area contributed by atoms with Crippen molar-refractivity contribution in [1.82, 2.24) is 20.3 Å². The molecule has 1 aliphatic rings. The molecule has 3 N–H and O–H groups in total. The molecule has 100 valence electrons. The summed E-state index contributed by atoms with van der Waals surface area (Å²) in [5.74, 6) is -0.724. The maximum Gasteiger partial charge on any atom is 0.358 e. The maximum atomic E-state index is 10.6. The summed E-state index contributed by atoms with van der Waals surface area (Å²) in [6.45, 7) is 2.05. The minimum atomic E-state index is -1.07. The molecule has 18 heavy (non-hydrogen) atoms. The molecule has 1 aromatic rings. The third-order valence-corrected chi connectivity index (χ3v) is 3.30. The molecule has 1 fully saturated rings. The van der Waals surface area contributed by atoms with Crippen molar-refractivity contribution in [2.45, 2.75) is 31.9 Å². The first kappa shape index (κ1) is 13.0. The van der Waals surface area contributed by atoms with Gasteiger partial charge in [0.1, 0.15) is 0 Å². The van der Waals surface area contributed by atoms with Crippen LogP contribution in [0.3, 0.4) is 0 Å². The molecule has 0 aliphatic heterocycles. The Hall–Kier alpha value is -1.47. The van der Waals surface area contributed by atoms with Gasteiger partial charge in [-0.1, -0.05) is 11.6 Å². The number of nitrogens with one attached hydrogen (secondary N) is 1. The van der Waals surface area contributed by atoms with E-state index in [1.54, 1.807) is 0 Å². The van der Waals surface area contributed by atoms with Crippen molar-refractivity contribution in [3.05, 3.63) is 11.9 Å². The Labute approximate surface area is 105 Å². The molecule has 2 atom stereocenters. The lowest BCUT2D eigenvalue weighted by molar-refractivity contribution is 0.0690. The SMILES string of the molecule is O=C(O)c1cn(CCNCC2CCCC2O)nn1. The third kappa shape index (κ3) is 3.27. The molecular weight excluding hydrogens is 236 g/mol. The number of aromatic nitrogens is 3. The number of hydrogen-bond acceptors (Lipinski definition) is 5. The smallest absolute Gasteiger partial charge is 0.358 e. The van der Waals surface area contributed by atoms with Crippen LogP contribution in [0.5, 0.6) is 0 Å². The number of nitrogens with zero attached hydrogens (tertiary/aromatic N) is 3. The van der Waals surface area contributed by atoms with E-state index in [1.165, 1.54) is 10.9 Å². The van der Waals surface area contributed by atoms with E-state index < -0.39 is 5.97 Å². The fourth-order valence-corrected chi connectivity index (χ4v) is 2.24. The van der Waals surface area contributed by atoms with Gasteiger partial charge in [0.2, 0.25) is 0 Å². The van der Waals surface area contributed by atoms with Gasteiger partial charge in [-0.05, 0) is 18.8 Å². The molecule has 0 bridgehead atoms. The zero-order valence-electron chi connectivity index (χ0n) is 10.1. The molecule has 1 aliphatic carbocycles. The van der Waals surface area contributed by atoms with Crippen molar-refractivity contribution in [3.63, 3.8) is 0 Å². The molecule has 2 unspecified atom stereocenters. The van der Waals surface area contributed by atoms with Crippen molar-refractivity contribution in [2.24, 2.45) is 5.92 Å². The first-order valence-electron chi connectivity index (χ1n) is 6.19. The number of rotatable bonds is 6. The standard InChI is InChI=1S/C11H18N4O3/c16-10-3-1-2-8(10)6-12-4-5-15-7-9(11(17)18)13-14-15/h7-8,10,12,16H,1-6H2,(H,17,18). The topological polar surface area (TPSA) is 100 Å². The highest BCUT2D eigenvalue weighted by Crippen LogP contribution is 2.24. The van der Waals surface area contributed by atoms with Crippen LogP contribution >= 0.6 is 0 Å². The summed E-state index contributed by atoms with van der Waals surface area (Å²) in [7, 11) is 0. The largest absolute Gasteiger partial charge is 0.476 e. The Bertz CT molecular complexity index is 407. The number of aliphatic hydroxyl groups excluding tert-OH is 1. The van der Waals surface area contributed by atoms with E-state index in [0.717, 1.165) is 25.8 Å². The van der Waals surface area contributed by atoms with Crippen molar-refractivity contribution >= 4 is 5.97 Å². The Morgan fingerprint density at radius 1 is 1.56 bits per heavy atom. The summed E-state index contributed by atoms with van der Waals surface area (Å²) in [4.78, 5) is 10.6. The summed E-state index contributed by atoms with van der Waals surface area (Å²) >= 11 is 0. The average Bonchev–Trinajstić information content (AvgIpc) is 2.94. The van der Waals surface area contributed by atoms with Gasteiger partial charge < -0.3 is 15.5 Å². The van der Waals surface area contributed by atoms with Gasteiger partial charge in [0.25, 0.3) is 0 Å². The number of aliphatic hydroxyl groups is 1. The predicted octanol–water partition coefficient (Wildman–Crippen LogP) is -0.273. The van der Waals surface area contributed by atoms with E-state index in [0.29, 0.717) is 19.0 Å². The highest BCUT2D eigenvalue weighted by molar-refractivity contribution is 5.84. The van der Waals surface area contributed by atoms with Gasteiger partial charge >= 0.3 is 5.97 Å². The van der Waals surface area contributed by atoms with Crippen LogP contribution in [0, 0.1) is 5.92 Å². The van der Waals surface area contributed by atoms with Crippen LogP contribution in [0.1, 0.15) is 29.8 Å². The van der Waals surface area contributed by atoms with Gasteiger partial charge in [-0.15, -0.1) is 5.10 Å². The van der Waals surface area contributed by atoms with E-state index >= 15 is 0 Å². The molecule has 7 heteroatoms. The van der Waals surface area contributed by atoms with Crippen molar-refractivity contribution in [1.29, 1.82) is 0 Å². The second-order valence-electron chi connectivity index (χ2n) is 4.63. The van der Waals surface area contributed by atoms with Gasteiger partial charge in [0.15, 0.2) is 5.69 Å². The number of aromatic carboxylic acids is 1. The van der Waals surface area contributed by atoms with Gasteiger partial charge in [-0.2, -0.15) is 0 Å². The van der Waals surface area contributed by atoms with Crippen molar-refractivity contribution < 1.29 is 15.0 Å². The van der Waals surface area contributed by atoms with Crippen LogP contribution in [0.4, 0.5) is 0 Å². The monoisotopic (exact) mass is 254 g/mol. The first-order chi connectivity index (χ1) is 8.66. The van der Waals surface area contributed by atoms with Crippen LogP contribution in [-0.4, -0.2) is 50.4 Å². The van der Waals surface area contributed by atoms with Gasteiger partial charge in [0.05, 0.1) is 18.8 Å². The normalized spacial score (nSPS) is 23.4. The maximum absolute atomic E-state index is 10.6. The molecule has 1 aromatic heterocycles. The van der Waals surface area contributed by atoms with Crippen molar-refractivity contribution in [2.75, 3.05) is 13.1 Å². The van der Waals surface area contributed by atoms with Crippen LogP contribution in [0.25, 0.3) is 0 Å². The zero-order chi connectivity index (χ0) is 13.0. The molecule has 0 aromatic carbocycles. The minimum Gasteiger partial charge on any atom is -0.476 e. The Morgan fingerprint density at radius 3 is 3.00 bits per heavy atom.